The van der Waals surface area contributed by atoms with Crippen molar-refractivity contribution < 1.29 is 4.79 Å². The Morgan fingerprint density at radius 3 is 2.52 bits per heavy atom. The summed E-state index contributed by atoms with van der Waals surface area (Å²) in [6.07, 6.45) is 14.3. The van der Waals surface area contributed by atoms with Gasteiger partial charge in [0.15, 0.2) is 5.96 Å². The molecule has 1 amide bonds. The smallest absolute Gasteiger partial charge is 0.257 e. The Kier molecular flexibility index (Phi) is 7.31. The number of hydrogen-bond acceptors (Lipinski definition) is 4. The summed E-state index contributed by atoms with van der Waals surface area (Å²) in [6, 6.07) is 11.1. The third-order valence-corrected chi connectivity index (χ3v) is 7.91. The zero-order valence-corrected chi connectivity index (χ0v) is 19.2. The Hall–Kier alpha value is -1.88. The first kappa shape index (κ1) is 22.3. The van der Waals surface area contributed by atoms with Crippen LogP contribution in [0, 0.1) is 11.8 Å². The number of amides is 1. The third kappa shape index (κ3) is 5.49. The van der Waals surface area contributed by atoms with Gasteiger partial charge >= 0.3 is 0 Å². The molecule has 4 rings (SSSR count). The first-order chi connectivity index (χ1) is 15.1. The number of carbonyl (C=O) groups excluding carboxylic acids is 1. The maximum Gasteiger partial charge on any atom is 0.257 e. The highest BCUT2D eigenvalue weighted by atomic mass is 16.2. The molecule has 3 aliphatic rings. The zero-order chi connectivity index (χ0) is 21.7. The molecule has 0 radical (unpaired) electrons. The summed E-state index contributed by atoms with van der Waals surface area (Å²) in [5, 5.41) is 3.76. The topological polar surface area (TPSA) is 70.7 Å². The average molecular weight is 425 g/mol. The Bertz CT molecular complexity index is 758. The molecule has 1 heterocycles. The highest BCUT2D eigenvalue weighted by Gasteiger charge is 2.47. The molecule has 1 aliphatic heterocycles. The van der Waals surface area contributed by atoms with Crippen LogP contribution in [0.4, 0.5) is 0 Å². The Morgan fingerprint density at radius 2 is 1.81 bits per heavy atom. The Labute approximate surface area is 187 Å². The number of likely N-dealkylation sites (N-methyl/N-ethyl adjacent to an activating group) is 1. The van der Waals surface area contributed by atoms with Crippen LogP contribution in [-0.2, 0) is 11.3 Å². The number of nitrogens with one attached hydrogen (secondary N) is 1. The van der Waals surface area contributed by atoms with Gasteiger partial charge in [0.05, 0.1) is 0 Å². The van der Waals surface area contributed by atoms with Crippen molar-refractivity contribution in [3.63, 3.8) is 0 Å². The van der Waals surface area contributed by atoms with Gasteiger partial charge in [-0.2, -0.15) is 0 Å². The van der Waals surface area contributed by atoms with Gasteiger partial charge < -0.3 is 11.1 Å². The zero-order valence-electron chi connectivity index (χ0n) is 19.2. The van der Waals surface area contributed by atoms with Gasteiger partial charge in [0.2, 0.25) is 0 Å². The predicted octanol–water partition coefficient (Wildman–Crippen LogP) is 4.61. The number of nitrogens with zero attached hydrogens (tertiary/aromatic N) is 2. The van der Waals surface area contributed by atoms with Crippen LogP contribution in [0.5, 0.6) is 0 Å². The van der Waals surface area contributed by atoms with Crippen molar-refractivity contribution in [1.29, 1.82) is 0 Å². The molecule has 170 valence electrons. The highest BCUT2D eigenvalue weighted by molar-refractivity contribution is 6.06. The van der Waals surface area contributed by atoms with Crippen LogP contribution in [0.2, 0.25) is 0 Å². The van der Waals surface area contributed by atoms with Crippen LogP contribution in [0.3, 0.4) is 0 Å². The Morgan fingerprint density at radius 1 is 1.06 bits per heavy atom. The molecule has 2 aliphatic carbocycles. The third-order valence-electron chi connectivity index (χ3n) is 7.91. The molecule has 2 fully saturated rings. The first-order valence-electron chi connectivity index (χ1n) is 12.5. The summed E-state index contributed by atoms with van der Waals surface area (Å²) in [4.78, 5) is 19.7. The number of nitrogens with two attached hydrogens (primary N) is 1. The van der Waals surface area contributed by atoms with E-state index >= 15 is 0 Å². The molecular weight excluding hydrogens is 384 g/mol. The van der Waals surface area contributed by atoms with E-state index in [1.54, 1.807) is 11.9 Å². The van der Waals surface area contributed by atoms with Crippen molar-refractivity contribution in [2.75, 3.05) is 7.05 Å². The maximum atomic E-state index is 13.3. The van der Waals surface area contributed by atoms with Crippen molar-refractivity contribution in [3.8, 4) is 0 Å². The number of guanidine groups is 1. The lowest BCUT2D eigenvalue weighted by atomic mass is 9.74. The molecule has 1 aromatic rings. The summed E-state index contributed by atoms with van der Waals surface area (Å²) in [5.41, 5.74) is 6.85. The van der Waals surface area contributed by atoms with Crippen LogP contribution < -0.4 is 11.1 Å². The summed E-state index contributed by atoms with van der Waals surface area (Å²) in [7, 11) is 1.79. The van der Waals surface area contributed by atoms with Gasteiger partial charge in [-0.15, -0.1) is 0 Å². The molecule has 31 heavy (non-hydrogen) atoms. The van der Waals surface area contributed by atoms with Crippen LogP contribution >= 0.6 is 0 Å². The second-order valence-corrected chi connectivity index (χ2v) is 10.2. The SMILES string of the molecule is CN1C(=O)[C@@](CCC2CCCCC2)(C[C@H]2CCCC(NCc3ccccc3)C2)N=C1N. The highest BCUT2D eigenvalue weighted by Crippen LogP contribution is 2.40. The number of hydrogen-bond donors (Lipinski definition) is 2. The Balaban J connectivity index is 1.38. The molecule has 3 N–H and O–H groups in total. The van der Waals surface area contributed by atoms with E-state index in [2.05, 4.69) is 35.6 Å². The largest absolute Gasteiger partial charge is 0.369 e. The van der Waals surface area contributed by atoms with Crippen LogP contribution in [0.15, 0.2) is 35.3 Å². The standard InChI is InChI=1S/C26H40N4O/c1-30-24(31)26(29-25(30)27,16-15-20-9-4-2-5-10-20)18-22-13-8-14-23(17-22)28-19-21-11-6-3-7-12-21/h3,6-7,11-12,20,22-23,28H,2,4-5,8-10,13-19H2,1H3,(H2,27,29)/t22-,23?,26+/m0/s1. The predicted molar refractivity (Wildman–Crippen MR) is 127 cm³/mol. The summed E-state index contributed by atoms with van der Waals surface area (Å²) >= 11 is 0. The van der Waals surface area contributed by atoms with Crippen molar-refractivity contribution >= 4 is 11.9 Å². The van der Waals surface area contributed by atoms with E-state index in [1.165, 1.54) is 56.9 Å². The fourth-order valence-electron chi connectivity index (χ4n) is 6.07. The van der Waals surface area contributed by atoms with Crippen molar-refractivity contribution in [3.05, 3.63) is 35.9 Å². The minimum Gasteiger partial charge on any atom is -0.369 e. The number of carbonyl (C=O) groups is 1. The lowest BCUT2D eigenvalue weighted by molar-refractivity contribution is -0.131. The number of benzene rings is 1. The molecule has 5 nitrogen and oxygen atoms in total. The van der Waals surface area contributed by atoms with E-state index in [9.17, 15) is 4.79 Å². The van der Waals surface area contributed by atoms with E-state index in [-0.39, 0.29) is 5.91 Å². The molecule has 1 aromatic carbocycles. The van der Waals surface area contributed by atoms with Gasteiger partial charge in [0.1, 0.15) is 5.54 Å². The first-order valence-corrected chi connectivity index (χ1v) is 12.5. The van der Waals surface area contributed by atoms with Crippen molar-refractivity contribution in [2.24, 2.45) is 22.6 Å². The van der Waals surface area contributed by atoms with E-state index in [4.69, 9.17) is 10.7 Å². The minimum absolute atomic E-state index is 0.125. The van der Waals surface area contributed by atoms with Gasteiger partial charge in [0, 0.05) is 19.6 Å². The normalized spacial score (nSPS) is 29.9. The monoisotopic (exact) mass is 424 g/mol. The average Bonchev–Trinajstić information content (AvgIpc) is 3.01. The van der Waals surface area contributed by atoms with E-state index < -0.39 is 5.54 Å². The number of aliphatic imine (C=N–C) groups is 1. The molecule has 0 aromatic heterocycles. The molecule has 0 saturated heterocycles. The van der Waals surface area contributed by atoms with Crippen molar-refractivity contribution in [1.82, 2.24) is 10.2 Å². The summed E-state index contributed by atoms with van der Waals surface area (Å²) in [6.45, 7) is 0.915. The van der Waals surface area contributed by atoms with Gasteiger partial charge in [0.25, 0.3) is 5.91 Å². The lowest BCUT2D eigenvalue weighted by Gasteiger charge is -2.35. The molecule has 0 bridgehead atoms. The van der Waals surface area contributed by atoms with E-state index in [0.29, 0.717) is 17.9 Å². The quantitative estimate of drug-likeness (QED) is 0.640. The second kappa shape index (κ2) is 10.2. The molecule has 3 atom stereocenters. The molecule has 5 heteroatoms. The van der Waals surface area contributed by atoms with Gasteiger partial charge in [-0.05, 0) is 49.5 Å². The maximum absolute atomic E-state index is 13.3. The number of rotatable bonds is 8. The fraction of sp³-hybridized carbons (Fsp3) is 0.692. The van der Waals surface area contributed by atoms with Gasteiger partial charge in [-0.25, -0.2) is 4.99 Å². The molecule has 1 unspecified atom stereocenters. The summed E-state index contributed by atoms with van der Waals surface area (Å²) in [5.74, 6) is 1.82. The van der Waals surface area contributed by atoms with Crippen molar-refractivity contribution in [2.45, 2.75) is 95.2 Å². The van der Waals surface area contributed by atoms with Crippen LogP contribution in [-0.4, -0.2) is 35.4 Å². The van der Waals surface area contributed by atoms with Crippen LogP contribution in [0.25, 0.3) is 0 Å². The van der Waals surface area contributed by atoms with E-state index in [1.807, 2.05) is 0 Å². The molecule has 2 saturated carbocycles. The van der Waals surface area contributed by atoms with Gasteiger partial charge in [-0.1, -0.05) is 75.3 Å². The molecular formula is C26H40N4O. The molecule has 0 spiro atoms. The van der Waals surface area contributed by atoms with Crippen LogP contribution in [0.1, 0.15) is 82.6 Å². The minimum atomic E-state index is -0.623. The fourth-order valence-corrected chi connectivity index (χ4v) is 6.07. The summed E-state index contributed by atoms with van der Waals surface area (Å²) < 4.78 is 0. The second-order valence-electron chi connectivity index (χ2n) is 10.2. The van der Waals surface area contributed by atoms with Gasteiger partial charge in [-0.3, -0.25) is 9.69 Å². The lowest BCUT2D eigenvalue weighted by Crippen LogP contribution is -2.44. The van der Waals surface area contributed by atoms with E-state index in [0.717, 1.165) is 38.1 Å².